The van der Waals surface area contributed by atoms with E-state index in [1.165, 1.54) is 6.07 Å². The predicted molar refractivity (Wildman–Crippen MR) is 74.4 cm³/mol. The smallest absolute Gasteiger partial charge is 0.383 e. The second kappa shape index (κ2) is 7.09. The zero-order valence-corrected chi connectivity index (χ0v) is 12.0. The summed E-state index contributed by atoms with van der Waals surface area (Å²) >= 11 is 0. The highest BCUT2D eigenvalue weighted by atomic mass is 19.4. The number of nitrogens with zero attached hydrogens (tertiary/aromatic N) is 2. The Hall–Kier alpha value is -1.34. The Morgan fingerprint density at radius 1 is 1.43 bits per heavy atom. The summed E-state index contributed by atoms with van der Waals surface area (Å²) in [5.74, 6) is 0.550. The van der Waals surface area contributed by atoms with E-state index in [-0.39, 0.29) is 0 Å². The third-order valence-corrected chi connectivity index (χ3v) is 3.57. The van der Waals surface area contributed by atoms with Crippen molar-refractivity contribution in [2.75, 3.05) is 38.3 Å². The van der Waals surface area contributed by atoms with Crippen LogP contribution in [0.4, 0.5) is 19.0 Å². The van der Waals surface area contributed by atoms with Crippen LogP contribution < -0.4 is 10.2 Å². The molecule has 1 fully saturated rings. The molecule has 1 aliphatic heterocycles. The normalized spacial score (nSPS) is 19.0. The van der Waals surface area contributed by atoms with Crippen LogP contribution in [0.15, 0.2) is 18.3 Å². The van der Waals surface area contributed by atoms with Crippen LogP contribution in [0.5, 0.6) is 0 Å². The highest BCUT2D eigenvalue weighted by Crippen LogP contribution is 2.29. The molecule has 0 aliphatic carbocycles. The molecule has 4 nitrogen and oxygen atoms in total. The van der Waals surface area contributed by atoms with Gasteiger partial charge in [0.2, 0.25) is 0 Å². The summed E-state index contributed by atoms with van der Waals surface area (Å²) < 4.78 is 42.8. The van der Waals surface area contributed by atoms with E-state index in [1.807, 2.05) is 4.90 Å². The van der Waals surface area contributed by atoms with Crippen LogP contribution in [0.3, 0.4) is 0 Å². The number of methoxy groups -OCH3 is 1. The molecule has 1 aliphatic rings. The number of anilines is 1. The summed E-state index contributed by atoms with van der Waals surface area (Å²) in [7, 11) is 1.60. The Bertz CT molecular complexity index is 430. The molecule has 0 aromatic carbocycles. The number of ether oxygens (including phenoxy) is 1. The van der Waals surface area contributed by atoms with E-state index < -0.39 is 11.7 Å². The quantitative estimate of drug-likeness (QED) is 0.875. The number of hydrogen-bond acceptors (Lipinski definition) is 4. The summed E-state index contributed by atoms with van der Waals surface area (Å²) in [6.45, 7) is 2.83. The number of alkyl halides is 3. The van der Waals surface area contributed by atoms with E-state index >= 15 is 0 Å². The molecule has 2 rings (SSSR count). The van der Waals surface area contributed by atoms with Crippen molar-refractivity contribution in [3.05, 3.63) is 23.9 Å². The molecule has 0 radical (unpaired) electrons. The summed E-state index contributed by atoms with van der Waals surface area (Å²) in [5, 5.41) is 3.38. The number of nitrogens with one attached hydrogen (secondary N) is 1. The topological polar surface area (TPSA) is 37.4 Å². The number of halogens is 3. The molecule has 1 unspecified atom stereocenters. The van der Waals surface area contributed by atoms with Gasteiger partial charge in [0.05, 0.1) is 12.2 Å². The molecule has 118 valence electrons. The van der Waals surface area contributed by atoms with Crippen molar-refractivity contribution in [1.29, 1.82) is 0 Å². The molecule has 0 spiro atoms. The number of rotatable bonds is 6. The van der Waals surface area contributed by atoms with Gasteiger partial charge in [0.15, 0.2) is 0 Å². The van der Waals surface area contributed by atoms with E-state index in [2.05, 4.69) is 10.3 Å². The molecule has 1 aromatic heterocycles. The van der Waals surface area contributed by atoms with E-state index in [4.69, 9.17) is 4.74 Å². The Balaban J connectivity index is 2.07. The molecule has 2 heterocycles. The third kappa shape index (κ3) is 4.57. The van der Waals surface area contributed by atoms with Gasteiger partial charge in [0, 0.05) is 32.4 Å². The maximum absolute atomic E-state index is 12.6. The molecule has 0 saturated carbocycles. The average Bonchev–Trinajstić information content (AvgIpc) is 2.95. The monoisotopic (exact) mass is 303 g/mol. The van der Waals surface area contributed by atoms with Crippen molar-refractivity contribution < 1.29 is 17.9 Å². The van der Waals surface area contributed by atoms with Gasteiger partial charge in [-0.2, -0.15) is 13.2 Å². The molecule has 0 amide bonds. The molecule has 1 N–H and O–H groups in total. The maximum atomic E-state index is 12.6. The van der Waals surface area contributed by atoms with Gasteiger partial charge in [0.1, 0.15) is 5.82 Å². The lowest BCUT2D eigenvalue weighted by Gasteiger charge is -2.26. The number of hydrogen-bond donors (Lipinski definition) is 1. The first-order valence-corrected chi connectivity index (χ1v) is 7.01. The lowest BCUT2D eigenvalue weighted by molar-refractivity contribution is -0.137. The van der Waals surface area contributed by atoms with Gasteiger partial charge in [-0.15, -0.1) is 0 Å². The van der Waals surface area contributed by atoms with Gasteiger partial charge >= 0.3 is 6.18 Å². The fourth-order valence-corrected chi connectivity index (χ4v) is 2.42. The van der Waals surface area contributed by atoms with E-state index in [1.54, 1.807) is 7.11 Å². The van der Waals surface area contributed by atoms with Gasteiger partial charge in [-0.05, 0) is 31.5 Å². The minimum atomic E-state index is -4.35. The second-order valence-electron chi connectivity index (χ2n) is 5.13. The van der Waals surface area contributed by atoms with Gasteiger partial charge in [-0.1, -0.05) is 0 Å². The van der Waals surface area contributed by atoms with Crippen LogP contribution >= 0.6 is 0 Å². The SMILES string of the molecule is COCCN(CC1CCCN1)c1ccc(C(F)(F)F)cn1. The second-order valence-corrected chi connectivity index (χ2v) is 5.13. The average molecular weight is 303 g/mol. The van der Waals surface area contributed by atoms with Crippen LogP contribution in [0, 0.1) is 0 Å². The molecule has 1 aromatic rings. The van der Waals surface area contributed by atoms with E-state index in [0.29, 0.717) is 25.0 Å². The van der Waals surface area contributed by atoms with Crippen LogP contribution in [0.2, 0.25) is 0 Å². The Kier molecular flexibility index (Phi) is 5.41. The minimum absolute atomic E-state index is 0.353. The molecule has 0 bridgehead atoms. The first-order valence-electron chi connectivity index (χ1n) is 7.01. The van der Waals surface area contributed by atoms with Crippen LogP contribution in [0.25, 0.3) is 0 Å². The van der Waals surface area contributed by atoms with Crippen LogP contribution in [-0.4, -0.2) is 44.4 Å². The van der Waals surface area contributed by atoms with Gasteiger partial charge in [-0.3, -0.25) is 0 Å². The minimum Gasteiger partial charge on any atom is -0.383 e. The van der Waals surface area contributed by atoms with E-state index in [0.717, 1.165) is 38.2 Å². The molecule has 1 saturated heterocycles. The van der Waals surface area contributed by atoms with Crippen molar-refractivity contribution in [3.8, 4) is 0 Å². The predicted octanol–water partition coefficient (Wildman–Crippen LogP) is 2.31. The fraction of sp³-hybridized carbons (Fsp3) is 0.643. The Morgan fingerprint density at radius 3 is 2.76 bits per heavy atom. The standard InChI is InChI=1S/C14H20F3N3O/c1-21-8-7-20(10-12-3-2-6-18-12)13-5-4-11(9-19-13)14(15,16)17/h4-5,9,12,18H,2-3,6-8,10H2,1H3. The fourth-order valence-electron chi connectivity index (χ4n) is 2.42. The molecular weight excluding hydrogens is 283 g/mol. The summed E-state index contributed by atoms with van der Waals surface area (Å²) in [4.78, 5) is 5.93. The van der Waals surface area contributed by atoms with Gasteiger partial charge in [-0.25, -0.2) is 4.98 Å². The molecular formula is C14H20F3N3O. The third-order valence-electron chi connectivity index (χ3n) is 3.57. The maximum Gasteiger partial charge on any atom is 0.417 e. The number of aromatic nitrogens is 1. The summed E-state index contributed by atoms with van der Waals surface area (Å²) in [6, 6.07) is 2.85. The van der Waals surface area contributed by atoms with Gasteiger partial charge in [0.25, 0.3) is 0 Å². The zero-order valence-electron chi connectivity index (χ0n) is 12.0. The highest BCUT2D eigenvalue weighted by molar-refractivity contribution is 5.40. The van der Waals surface area contributed by atoms with Gasteiger partial charge < -0.3 is 15.0 Å². The van der Waals surface area contributed by atoms with Crippen molar-refractivity contribution in [3.63, 3.8) is 0 Å². The molecule has 1 atom stereocenters. The van der Waals surface area contributed by atoms with Crippen molar-refractivity contribution in [1.82, 2.24) is 10.3 Å². The van der Waals surface area contributed by atoms with Crippen molar-refractivity contribution in [2.24, 2.45) is 0 Å². The van der Waals surface area contributed by atoms with E-state index in [9.17, 15) is 13.2 Å². The first-order chi connectivity index (χ1) is 10.0. The number of pyridine rings is 1. The van der Waals surface area contributed by atoms with Crippen molar-refractivity contribution in [2.45, 2.75) is 25.1 Å². The molecule has 21 heavy (non-hydrogen) atoms. The van der Waals surface area contributed by atoms with Crippen molar-refractivity contribution >= 4 is 5.82 Å². The lowest BCUT2D eigenvalue weighted by atomic mass is 10.2. The molecule has 7 heteroatoms. The Labute approximate surface area is 122 Å². The Morgan fingerprint density at radius 2 is 2.24 bits per heavy atom. The summed E-state index contributed by atoms with van der Waals surface area (Å²) in [5.41, 5.74) is -0.725. The largest absolute Gasteiger partial charge is 0.417 e. The van der Waals surface area contributed by atoms with Crippen LogP contribution in [0.1, 0.15) is 18.4 Å². The zero-order chi connectivity index (χ0) is 15.3. The summed E-state index contributed by atoms with van der Waals surface area (Å²) in [6.07, 6.45) is -1.26. The van der Waals surface area contributed by atoms with Crippen LogP contribution in [-0.2, 0) is 10.9 Å². The highest BCUT2D eigenvalue weighted by Gasteiger charge is 2.31. The first kappa shape index (κ1) is 16.0. The lowest BCUT2D eigenvalue weighted by Crippen LogP contribution is -2.39.